The van der Waals surface area contributed by atoms with Gasteiger partial charge in [-0.15, -0.1) is 11.3 Å². The monoisotopic (exact) mass is 249 g/mol. The third kappa shape index (κ3) is 2.86. The van der Waals surface area contributed by atoms with Crippen molar-refractivity contribution in [2.75, 3.05) is 6.61 Å². The highest BCUT2D eigenvalue weighted by atomic mass is 79.9. The molecule has 0 aliphatic heterocycles. The van der Waals surface area contributed by atoms with Crippen LogP contribution < -0.4 is 5.73 Å². The SMILES string of the molecule is CC(N)(CO)Cc1cc(Br)cs1. The fourth-order valence-electron chi connectivity index (χ4n) is 0.900. The van der Waals surface area contributed by atoms with E-state index in [4.69, 9.17) is 10.8 Å². The first kappa shape index (κ1) is 10.2. The maximum absolute atomic E-state index is 8.93. The largest absolute Gasteiger partial charge is 0.394 e. The average Bonchev–Trinajstić information content (AvgIpc) is 2.35. The quantitative estimate of drug-likeness (QED) is 0.858. The number of hydrogen-bond acceptors (Lipinski definition) is 3. The van der Waals surface area contributed by atoms with Crippen LogP contribution in [-0.2, 0) is 6.42 Å². The van der Waals surface area contributed by atoms with Gasteiger partial charge in [0.25, 0.3) is 0 Å². The Bertz CT molecular complexity index is 259. The van der Waals surface area contributed by atoms with Crippen LogP contribution >= 0.6 is 27.3 Å². The number of rotatable bonds is 3. The molecular formula is C8H12BrNOS. The molecule has 0 spiro atoms. The maximum atomic E-state index is 8.93. The number of aliphatic hydroxyl groups is 1. The van der Waals surface area contributed by atoms with Crippen molar-refractivity contribution in [1.82, 2.24) is 0 Å². The van der Waals surface area contributed by atoms with Crippen LogP contribution in [0.4, 0.5) is 0 Å². The van der Waals surface area contributed by atoms with Gasteiger partial charge < -0.3 is 10.8 Å². The molecule has 4 heteroatoms. The molecule has 12 heavy (non-hydrogen) atoms. The number of hydrogen-bond donors (Lipinski definition) is 2. The fourth-order valence-corrected chi connectivity index (χ4v) is 2.55. The van der Waals surface area contributed by atoms with Gasteiger partial charge >= 0.3 is 0 Å². The Morgan fingerprint density at radius 3 is 2.83 bits per heavy atom. The van der Waals surface area contributed by atoms with Gasteiger partial charge in [0, 0.05) is 26.7 Å². The summed E-state index contributed by atoms with van der Waals surface area (Å²) in [4.78, 5) is 1.20. The van der Waals surface area contributed by atoms with Crippen molar-refractivity contribution in [3.63, 3.8) is 0 Å². The lowest BCUT2D eigenvalue weighted by molar-refractivity contribution is 0.209. The first-order valence-corrected chi connectivity index (χ1v) is 5.33. The molecule has 1 aromatic heterocycles. The van der Waals surface area contributed by atoms with Crippen LogP contribution in [0.25, 0.3) is 0 Å². The van der Waals surface area contributed by atoms with Gasteiger partial charge in [-0.3, -0.25) is 0 Å². The van der Waals surface area contributed by atoms with Crippen molar-refractivity contribution in [1.29, 1.82) is 0 Å². The van der Waals surface area contributed by atoms with E-state index < -0.39 is 5.54 Å². The summed E-state index contributed by atoms with van der Waals surface area (Å²) in [6, 6.07) is 2.03. The van der Waals surface area contributed by atoms with Gasteiger partial charge in [-0.2, -0.15) is 0 Å². The molecule has 0 aromatic carbocycles. The summed E-state index contributed by atoms with van der Waals surface area (Å²) < 4.78 is 1.08. The molecule has 1 atom stereocenters. The molecule has 1 heterocycles. The first-order valence-electron chi connectivity index (χ1n) is 3.66. The molecule has 68 valence electrons. The summed E-state index contributed by atoms with van der Waals surface area (Å²) in [5.41, 5.74) is 5.30. The number of aliphatic hydroxyl groups excluding tert-OH is 1. The molecule has 0 saturated heterocycles. The molecule has 0 saturated carbocycles. The van der Waals surface area contributed by atoms with Gasteiger partial charge in [0.2, 0.25) is 0 Å². The Hall–Kier alpha value is 0.1000. The van der Waals surface area contributed by atoms with E-state index in [1.807, 2.05) is 18.4 Å². The highest BCUT2D eigenvalue weighted by molar-refractivity contribution is 9.10. The van der Waals surface area contributed by atoms with E-state index in [1.54, 1.807) is 11.3 Å². The van der Waals surface area contributed by atoms with E-state index in [1.165, 1.54) is 4.88 Å². The topological polar surface area (TPSA) is 46.2 Å². The zero-order chi connectivity index (χ0) is 9.19. The summed E-state index contributed by atoms with van der Waals surface area (Å²) >= 11 is 5.02. The second-order valence-corrected chi connectivity index (χ2v) is 5.13. The van der Waals surface area contributed by atoms with Crippen molar-refractivity contribution in [3.8, 4) is 0 Å². The van der Waals surface area contributed by atoms with Crippen LogP contribution in [0.2, 0.25) is 0 Å². The molecule has 0 amide bonds. The molecular weight excluding hydrogens is 238 g/mol. The molecule has 1 unspecified atom stereocenters. The van der Waals surface area contributed by atoms with Crippen LogP contribution in [0.5, 0.6) is 0 Å². The summed E-state index contributed by atoms with van der Waals surface area (Å²) in [7, 11) is 0. The van der Waals surface area contributed by atoms with Gasteiger partial charge in [0.15, 0.2) is 0 Å². The number of thiophene rings is 1. The Morgan fingerprint density at radius 1 is 1.75 bits per heavy atom. The first-order chi connectivity index (χ1) is 5.53. The average molecular weight is 250 g/mol. The Kier molecular flexibility index (Phi) is 3.29. The number of halogens is 1. The second kappa shape index (κ2) is 3.87. The van der Waals surface area contributed by atoms with E-state index in [0.29, 0.717) is 0 Å². The minimum Gasteiger partial charge on any atom is -0.394 e. The smallest absolute Gasteiger partial charge is 0.0612 e. The van der Waals surface area contributed by atoms with Crippen LogP contribution in [0, 0.1) is 0 Å². The molecule has 2 nitrogen and oxygen atoms in total. The summed E-state index contributed by atoms with van der Waals surface area (Å²) in [6.45, 7) is 1.86. The van der Waals surface area contributed by atoms with Crippen molar-refractivity contribution in [3.05, 3.63) is 20.8 Å². The summed E-state index contributed by atoms with van der Waals surface area (Å²) in [5, 5.41) is 10.9. The van der Waals surface area contributed by atoms with Gasteiger partial charge in [0.1, 0.15) is 0 Å². The van der Waals surface area contributed by atoms with Crippen molar-refractivity contribution < 1.29 is 5.11 Å². The van der Waals surface area contributed by atoms with E-state index in [0.717, 1.165) is 10.9 Å². The van der Waals surface area contributed by atoms with Crippen LogP contribution in [0.3, 0.4) is 0 Å². The van der Waals surface area contributed by atoms with Gasteiger partial charge in [-0.25, -0.2) is 0 Å². The zero-order valence-electron chi connectivity index (χ0n) is 6.88. The molecule has 0 bridgehead atoms. The lowest BCUT2D eigenvalue weighted by Gasteiger charge is -2.20. The predicted octanol–water partition coefficient (Wildman–Crippen LogP) is 1.76. The van der Waals surface area contributed by atoms with E-state index in [9.17, 15) is 0 Å². The van der Waals surface area contributed by atoms with Crippen molar-refractivity contribution in [2.24, 2.45) is 5.73 Å². The molecule has 3 N–H and O–H groups in total. The summed E-state index contributed by atoms with van der Waals surface area (Å²) in [5.74, 6) is 0. The molecule has 0 aliphatic rings. The maximum Gasteiger partial charge on any atom is 0.0612 e. The van der Waals surface area contributed by atoms with Crippen LogP contribution in [0.15, 0.2) is 15.9 Å². The van der Waals surface area contributed by atoms with E-state index >= 15 is 0 Å². The normalized spacial score (nSPS) is 16.0. The number of nitrogens with two attached hydrogens (primary N) is 1. The zero-order valence-corrected chi connectivity index (χ0v) is 9.28. The third-order valence-corrected chi connectivity index (χ3v) is 3.26. The fraction of sp³-hybridized carbons (Fsp3) is 0.500. The van der Waals surface area contributed by atoms with E-state index in [-0.39, 0.29) is 6.61 Å². The molecule has 1 aromatic rings. The van der Waals surface area contributed by atoms with E-state index in [2.05, 4.69) is 15.9 Å². The van der Waals surface area contributed by atoms with Crippen LogP contribution in [0.1, 0.15) is 11.8 Å². The molecule has 0 fully saturated rings. The van der Waals surface area contributed by atoms with Crippen molar-refractivity contribution >= 4 is 27.3 Å². The molecule has 0 radical (unpaired) electrons. The van der Waals surface area contributed by atoms with Gasteiger partial charge in [-0.05, 0) is 28.9 Å². The lowest BCUT2D eigenvalue weighted by atomic mass is 10.00. The lowest BCUT2D eigenvalue weighted by Crippen LogP contribution is -2.42. The Morgan fingerprint density at radius 2 is 2.42 bits per heavy atom. The van der Waals surface area contributed by atoms with Crippen molar-refractivity contribution in [2.45, 2.75) is 18.9 Å². The summed E-state index contributed by atoms with van der Waals surface area (Å²) in [6.07, 6.45) is 0.722. The molecule has 0 aliphatic carbocycles. The highest BCUT2D eigenvalue weighted by Crippen LogP contribution is 2.22. The highest BCUT2D eigenvalue weighted by Gasteiger charge is 2.18. The standard InChI is InChI=1S/C8H12BrNOS/c1-8(10,5-11)3-7-2-6(9)4-12-7/h2,4,11H,3,5,10H2,1H3. The second-order valence-electron chi connectivity index (χ2n) is 3.22. The van der Waals surface area contributed by atoms with Gasteiger partial charge in [-0.1, -0.05) is 0 Å². The Balaban J connectivity index is 2.63. The third-order valence-electron chi connectivity index (χ3n) is 1.56. The minimum atomic E-state index is -0.496. The van der Waals surface area contributed by atoms with Gasteiger partial charge in [0.05, 0.1) is 6.61 Å². The Labute approximate surface area is 84.5 Å². The van der Waals surface area contributed by atoms with Crippen LogP contribution in [-0.4, -0.2) is 17.3 Å². The molecule has 1 rings (SSSR count). The minimum absolute atomic E-state index is 0.0164. The predicted molar refractivity (Wildman–Crippen MR) is 55.4 cm³/mol.